The quantitative estimate of drug-likeness (QED) is 0.859. The van der Waals surface area contributed by atoms with Crippen molar-refractivity contribution in [3.8, 4) is 5.75 Å². The van der Waals surface area contributed by atoms with E-state index in [1.165, 1.54) is 18.7 Å². The van der Waals surface area contributed by atoms with Gasteiger partial charge in [-0.05, 0) is 38.3 Å². The third kappa shape index (κ3) is 4.41. The zero-order valence-electron chi connectivity index (χ0n) is 13.2. The maximum atomic E-state index is 5.78. The first-order valence-electron chi connectivity index (χ1n) is 7.78. The third-order valence-corrected chi connectivity index (χ3v) is 3.74. The van der Waals surface area contributed by atoms with Gasteiger partial charge in [0.25, 0.3) is 0 Å². The molecule has 0 aromatic heterocycles. The van der Waals surface area contributed by atoms with Crippen LogP contribution in [0.15, 0.2) is 24.3 Å². The van der Waals surface area contributed by atoms with Crippen molar-refractivity contribution in [3.63, 3.8) is 0 Å². The van der Waals surface area contributed by atoms with Gasteiger partial charge in [0.15, 0.2) is 0 Å². The van der Waals surface area contributed by atoms with E-state index in [1.54, 1.807) is 0 Å². The van der Waals surface area contributed by atoms with Gasteiger partial charge in [0.05, 0.1) is 6.61 Å². The minimum Gasteiger partial charge on any atom is -0.493 e. The van der Waals surface area contributed by atoms with Crippen molar-refractivity contribution in [2.45, 2.75) is 46.2 Å². The Morgan fingerprint density at radius 1 is 1.30 bits per heavy atom. The molecule has 1 heterocycles. The standard InChI is InChI=1S/C17H28N2O/c1-13(2)12-20-17-7-5-6-15(10-17)18-16-8-9-19(11-16)14(3)4/h5-7,10,13-14,16,18H,8-9,11-12H2,1-4H3. The molecule has 1 fully saturated rings. The molecule has 2 rings (SSSR count). The molecular weight excluding hydrogens is 248 g/mol. The van der Waals surface area contributed by atoms with Crippen LogP contribution in [0, 0.1) is 5.92 Å². The minimum absolute atomic E-state index is 0.553. The van der Waals surface area contributed by atoms with E-state index in [-0.39, 0.29) is 0 Å². The van der Waals surface area contributed by atoms with Gasteiger partial charge in [0, 0.05) is 36.9 Å². The Balaban J connectivity index is 1.88. The summed E-state index contributed by atoms with van der Waals surface area (Å²) in [7, 11) is 0. The van der Waals surface area contributed by atoms with E-state index in [1.807, 2.05) is 6.07 Å². The first-order chi connectivity index (χ1) is 9.54. The second-order valence-corrected chi connectivity index (χ2v) is 6.45. The second-order valence-electron chi connectivity index (χ2n) is 6.45. The molecule has 1 aliphatic rings. The van der Waals surface area contributed by atoms with Crippen molar-refractivity contribution >= 4 is 5.69 Å². The highest BCUT2D eigenvalue weighted by Gasteiger charge is 2.23. The lowest BCUT2D eigenvalue weighted by molar-refractivity contribution is 0.271. The Bertz CT molecular complexity index is 417. The minimum atomic E-state index is 0.553. The SMILES string of the molecule is CC(C)COc1cccc(NC2CCN(C(C)C)C2)c1. The molecule has 1 aromatic carbocycles. The summed E-state index contributed by atoms with van der Waals surface area (Å²) in [6.07, 6.45) is 1.22. The zero-order valence-corrected chi connectivity index (χ0v) is 13.2. The molecule has 20 heavy (non-hydrogen) atoms. The van der Waals surface area contributed by atoms with Gasteiger partial charge in [-0.3, -0.25) is 4.90 Å². The first kappa shape index (κ1) is 15.2. The van der Waals surface area contributed by atoms with Crippen LogP contribution in [0.3, 0.4) is 0 Å². The van der Waals surface area contributed by atoms with Gasteiger partial charge in [-0.25, -0.2) is 0 Å². The summed E-state index contributed by atoms with van der Waals surface area (Å²) in [6.45, 7) is 12.0. The van der Waals surface area contributed by atoms with E-state index in [2.05, 4.69) is 56.1 Å². The number of nitrogens with one attached hydrogen (secondary N) is 1. The van der Waals surface area contributed by atoms with E-state index in [9.17, 15) is 0 Å². The predicted molar refractivity (Wildman–Crippen MR) is 85.5 cm³/mol. The average molecular weight is 276 g/mol. The van der Waals surface area contributed by atoms with Crippen LogP contribution in [0.25, 0.3) is 0 Å². The highest BCUT2D eigenvalue weighted by molar-refractivity contribution is 5.49. The Labute approximate surface area is 123 Å². The Morgan fingerprint density at radius 3 is 2.75 bits per heavy atom. The Hall–Kier alpha value is -1.22. The van der Waals surface area contributed by atoms with E-state index >= 15 is 0 Å². The molecule has 3 nitrogen and oxygen atoms in total. The van der Waals surface area contributed by atoms with Crippen molar-refractivity contribution in [1.82, 2.24) is 4.90 Å². The average Bonchev–Trinajstić information content (AvgIpc) is 2.85. The van der Waals surface area contributed by atoms with Crippen molar-refractivity contribution in [1.29, 1.82) is 0 Å². The molecule has 1 aromatic rings. The lowest BCUT2D eigenvalue weighted by Gasteiger charge is -2.21. The van der Waals surface area contributed by atoms with Crippen LogP contribution >= 0.6 is 0 Å². The van der Waals surface area contributed by atoms with Gasteiger partial charge in [-0.15, -0.1) is 0 Å². The van der Waals surface area contributed by atoms with Crippen LogP contribution in [0.4, 0.5) is 5.69 Å². The lowest BCUT2D eigenvalue weighted by atomic mass is 10.2. The van der Waals surface area contributed by atoms with Crippen LogP contribution < -0.4 is 10.1 Å². The molecule has 1 aliphatic heterocycles. The number of anilines is 1. The molecule has 0 amide bonds. The molecular formula is C17H28N2O. The number of rotatable bonds is 6. The fourth-order valence-electron chi connectivity index (χ4n) is 2.55. The van der Waals surface area contributed by atoms with Crippen LogP contribution in [0.2, 0.25) is 0 Å². The predicted octanol–water partition coefficient (Wildman–Crippen LogP) is 3.62. The van der Waals surface area contributed by atoms with Crippen molar-refractivity contribution in [3.05, 3.63) is 24.3 Å². The van der Waals surface area contributed by atoms with Gasteiger partial charge in [-0.1, -0.05) is 19.9 Å². The number of ether oxygens (including phenoxy) is 1. The molecule has 0 radical (unpaired) electrons. The smallest absolute Gasteiger partial charge is 0.121 e. The Kier molecular flexibility index (Phi) is 5.30. The molecule has 1 N–H and O–H groups in total. The highest BCUT2D eigenvalue weighted by atomic mass is 16.5. The number of nitrogens with zero attached hydrogens (tertiary/aromatic N) is 1. The third-order valence-electron chi connectivity index (χ3n) is 3.74. The number of benzene rings is 1. The summed E-state index contributed by atoms with van der Waals surface area (Å²) < 4.78 is 5.78. The van der Waals surface area contributed by atoms with Gasteiger partial charge in [-0.2, -0.15) is 0 Å². The van der Waals surface area contributed by atoms with Crippen LogP contribution in [0.5, 0.6) is 5.75 Å². The van der Waals surface area contributed by atoms with E-state index in [0.29, 0.717) is 18.0 Å². The molecule has 1 saturated heterocycles. The van der Waals surface area contributed by atoms with Gasteiger partial charge >= 0.3 is 0 Å². The molecule has 0 saturated carbocycles. The molecule has 1 unspecified atom stereocenters. The van der Waals surface area contributed by atoms with Gasteiger partial charge in [0.2, 0.25) is 0 Å². The monoisotopic (exact) mass is 276 g/mol. The van der Waals surface area contributed by atoms with E-state index in [0.717, 1.165) is 18.9 Å². The molecule has 112 valence electrons. The largest absolute Gasteiger partial charge is 0.493 e. The summed E-state index contributed by atoms with van der Waals surface area (Å²) in [5, 5.41) is 3.63. The molecule has 0 bridgehead atoms. The first-order valence-corrected chi connectivity index (χ1v) is 7.78. The fourth-order valence-corrected chi connectivity index (χ4v) is 2.55. The second kappa shape index (κ2) is 6.98. The Morgan fingerprint density at radius 2 is 2.10 bits per heavy atom. The summed E-state index contributed by atoms with van der Waals surface area (Å²) in [5.74, 6) is 1.52. The maximum absolute atomic E-state index is 5.78. The number of hydrogen-bond acceptors (Lipinski definition) is 3. The number of likely N-dealkylation sites (tertiary alicyclic amines) is 1. The maximum Gasteiger partial charge on any atom is 0.121 e. The van der Waals surface area contributed by atoms with Crippen molar-refractivity contribution in [2.24, 2.45) is 5.92 Å². The fraction of sp³-hybridized carbons (Fsp3) is 0.647. The van der Waals surface area contributed by atoms with Gasteiger partial charge in [0.1, 0.15) is 5.75 Å². The highest BCUT2D eigenvalue weighted by Crippen LogP contribution is 2.21. The van der Waals surface area contributed by atoms with Crippen LogP contribution in [-0.4, -0.2) is 36.7 Å². The number of hydrogen-bond donors (Lipinski definition) is 1. The van der Waals surface area contributed by atoms with Crippen LogP contribution in [-0.2, 0) is 0 Å². The summed E-state index contributed by atoms with van der Waals surface area (Å²) in [6, 6.07) is 9.52. The molecule has 0 spiro atoms. The summed E-state index contributed by atoms with van der Waals surface area (Å²) in [5.41, 5.74) is 1.17. The van der Waals surface area contributed by atoms with E-state index < -0.39 is 0 Å². The van der Waals surface area contributed by atoms with E-state index in [4.69, 9.17) is 4.74 Å². The van der Waals surface area contributed by atoms with Crippen LogP contribution in [0.1, 0.15) is 34.1 Å². The van der Waals surface area contributed by atoms with Crippen molar-refractivity contribution in [2.75, 3.05) is 25.0 Å². The summed E-state index contributed by atoms with van der Waals surface area (Å²) in [4.78, 5) is 2.52. The molecule has 0 aliphatic carbocycles. The van der Waals surface area contributed by atoms with Gasteiger partial charge < -0.3 is 10.1 Å². The lowest BCUT2D eigenvalue weighted by Crippen LogP contribution is -2.31. The van der Waals surface area contributed by atoms with Crippen molar-refractivity contribution < 1.29 is 4.74 Å². The zero-order chi connectivity index (χ0) is 14.5. The molecule has 1 atom stereocenters. The molecule has 3 heteroatoms. The summed E-state index contributed by atoms with van der Waals surface area (Å²) >= 11 is 0. The topological polar surface area (TPSA) is 24.5 Å². The normalized spacial score (nSPS) is 19.8.